The topological polar surface area (TPSA) is 60.7 Å². The van der Waals surface area contributed by atoms with Crippen LogP contribution in [0.2, 0.25) is 0 Å². The zero-order valence-corrected chi connectivity index (χ0v) is 13.3. The summed E-state index contributed by atoms with van der Waals surface area (Å²) < 4.78 is 0. The van der Waals surface area contributed by atoms with Crippen LogP contribution in [0, 0.1) is 0 Å². The molecule has 0 atom stereocenters. The molecule has 0 aliphatic carbocycles. The van der Waals surface area contributed by atoms with E-state index in [2.05, 4.69) is 0 Å². The van der Waals surface area contributed by atoms with E-state index >= 15 is 0 Å². The Morgan fingerprint density at radius 1 is 1.17 bits per heavy atom. The van der Waals surface area contributed by atoms with E-state index in [1.54, 1.807) is 0 Å². The second kappa shape index (κ2) is 10.4. The maximum atomic E-state index is 7.17. The molecule has 0 aliphatic heterocycles. The molecule has 6 heteroatoms. The minimum absolute atomic E-state index is 0. The van der Waals surface area contributed by atoms with Gasteiger partial charge >= 0.3 is 83.5 Å². The van der Waals surface area contributed by atoms with Gasteiger partial charge in [0, 0.05) is 0 Å². The summed E-state index contributed by atoms with van der Waals surface area (Å²) in [5, 5.41) is 21.5. The fraction of sp³-hybridized carbons (Fsp3) is 0. The molecule has 34 valence electrons. The van der Waals surface area contributed by atoms with Gasteiger partial charge in [-0.2, -0.15) is 0 Å². The molecule has 0 aromatic heterocycles. The van der Waals surface area contributed by atoms with E-state index in [9.17, 15) is 0 Å². The molecule has 0 spiro atoms. The van der Waals surface area contributed by atoms with E-state index in [-0.39, 0.29) is 79.0 Å². The quantitative estimate of drug-likeness (QED) is 0.371. The van der Waals surface area contributed by atoms with Gasteiger partial charge in [-0.15, -0.1) is 0 Å². The van der Waals surface area contributed by atoms with Crippen molar-refractivity contribution in [2.45, 2.75) is 0 Å². The Morgan fingerprint density at radius 3 is 1.17 bits per heavy atom. The first-order valence-corrected chi connectivity index (χ1v) is 0.775. The molecule has 0 amide bonds. The molecule has 0 bridgehead atoms. The Hall–Kier alpha value is 2.44. The summed E-state index contributed by atoms with van der Waals surface area (Å²) in [6.45, 7) is 0. The third-order valence-corrected chi connectivity index (χ3v) is 0. The second-order valence-corrected chi connectivity index (χ2v) is 0.346. The molecular formula is H7BBaO3Pb. The van der Waals surface area contributed by atoms with Crippen LogP contribution in [0.5, 0.6) is 0 Å². The predicted octanol–water partition coefficient (Wildman–Crippen LogP) is -3.12. The van der Waals surface area contributed by atoms with Crippen LogP contribution in [0.15, 0.2) is 0 Å². The molecule has 3 nitrogen and oxygen atoms in total. The van der Waals surface area contributed by atoms with Crippen LogP contribution in [-0.2, 0) is 0 Å². The van der Waals surface area contributed by atoms with Crippen LogP contribution in [0.4, 0.5) is 0 Å². The van der Waals surface area contributed by atoms with Crippen LogP contribution in [0.3, 0.4) is 0 Å². The third kappa shape index (κ3) is 32.0. The maximum absolute atomic E-state index is 7.17. The van der Waals surface area contributed by atoms with E-state index in [1.165, 1.54) is 0 Å². The van der Waals surface area contributed by atoms with E-state index in [0.29, 0.717) is 0 Å². The van der Waals surface area contributed by atoms with Crippen molar-refractivity contribution < 1.29 is 17.9 Å². The van der Waals surface area contributed by atoms with Crippen molar-refractivity contribution in [3.8, 4) is 0 Å². The zero-order chi connectivity index (χ0) is 3.58. The Morgan fingerprint density at radius 2 is 1.17 bits per heavy atom. The molecule has 3 N–H and O–H groups in total. The standard InChI is InChI=1S/BH3O3.Ba.Pb.4H/c2-1(3)4;;;;;;/h2-4H;;;;;;/q;+2;;;;2*-1. The Bertz CT molecular complexity index is 22.0. The van der Waals surface area contributed by atoms with Crippen LogP contribution < -0.4 is 0 Å². The molecule has 0 fully saturated rings. The van der Waals surface area contributed by atoms with Crippen LogP contribution in [-0.4, -0.2) is 98.6 Å². The van der Waals surface area contributed by atoms with E-state index < -0.39 is 7.32 Å². The van der Waals surface area contributed by atoms with E-state index in [4.69, 9.17) is 15.1 Å². The normalized spacial score (nSPS) is 4.50. The minimum atomic E-state index is -2.17. The molecule has 0 aliphatic rings. The summed E-state index contributed by atoms with van der Waals surface area (Å²) in [7, 11) is -2.17. The van der Waals surface area contributed by atoms with Crippen molar-refractivity contribution in [1.29, 1.82) is 0 Å². The predicted molar refractivity (Wildman–Crippen MR) is 28.9 cm³/mol. The van der Waals surface area contributed by atoms with Crippen LogP contribution >= 0.6 is 0 Å². The van der Waals surface area contributed by atoms with Gasteiger partial charge in [0.2, 0.25) is 0 Å². The summed E-state index contributed by atoms with van der Waals surface area (Å²) in [6, 6.07) is 0. The summed E-state index contributed by atoms with van der Waals surface area (Å²) in [4.78, 5) is 0. The summed E-state index contributed by atoms with van der Waals surface area (Å²) in [5.74, 6) is 0. The van der Waals surface area contributed by atoms with Gasteiger partial charge in [-0.3, -0.25) is 0 Å². The van der Waals surface area contributed by atoms with Crippen molar-refractivity contribution in [3.63, 3.8) is 0 Å². The molecule has 2 radical (unpaired) electrons. The first-order chi connectivity index (χ1) is 1.73. The van der Waals surface area contributed by atoms with Gasteiger partial charge in [0.25, 0.3) is 0 Å². The monoisotopic (exact) mass is 412 g/mol. The second-order valence-electron chi connectivity index (χ2n) is 0.346. The molecule has 0 aromatic rings. The molecule has 6 heavy (non-hydrogen) atoms. The first kappa shape index (κ1) is 15.8. The van der Waals surface area contributed by atoms with Crippen molar-refractivity contribution in [2.75, 3.05) is 0 Å². The third-order valence-electron chi connectivity index (χ3n) is 0. The summed E-state index contributed by atoms with van der Waals surface area (Å²) >= 11 is 0. The molecule has 0 aromatic carbocycles. The Balaban J connectivity index is -0.00000000750. The zero-order valence-electron chi connectivity index (χ0n) is 5.33. The number of rotatable bonds is 0. The number of hydrogen-bond donors (Lipinski definition) is 3. The van der Waals surface area contributed by atoms with Gasteiger partial charge < -0.3 is 17.9 Å². The number of hydrogen-bond acceptors (Lipinski definition) is 3. The first-order valence-electron chi connectivity index (χ1n) is 0.775. The summed E-state index contributed by atoms with van der Waals surface area (Å²) in [6.07, 6.45) is 0. The molecule has 0 saturated carbocycles. The van der Waals surface area contributed by atoms with Crippen LogP contribution in [0.1, 0.15) is 2.85 Å². The average molecular weight is 410 g/mol. The fourth-order valence-corrected chi connectivity index (χ4v) is 0. The van der Waals surface area contributed by atoms with Gasteiger partial charge in [-0.05, 0) is 0 Å². The van der Waals surface area contributed by atoms with Crippen molar-refractivity contribution in [2.24, 2.45) is 0 Å². The van der Waals surface area contributed by atoms with E-state index in [0.717, 1.165) is 0 Å². The van der Waals surface area contributed by atoms with Gasteiger partial charge in [-0.1, -0.05) is 0 Å². The molecule has 0 saturated heterocycles. The SMILES string of the molecule is OB(O)O.[Ba+2].[H-].[H-].[PbH2]. The van der Waals surface area contributed by atoms with Crippen molar-refractivity contribution in [3.05, 3.63) is 0 Å². The Kier molecular flexibility index (Phi) is 27.4. The summed E-state index contributed by atoms with van der Waals surface area (Å²) in [5.41, 5.74) is 0. The molecule has 0 rings (SSSR count). The van der Waals surface area contributed by atoms with Gasteiger partial charge in [0.15, 0.2) is 0 Å². The molecule has 0 unspecified atom stereocenters. The fourth-order valence-electron chi connectivity index (χ4n) is 0. The van der Waals surface area contributed by atoms with Crippen molar-refractivity contribution in [1.82, 2.24) is 0 Å². The van der Waals surface area contributed by atoms with Gasteiger partial charge in [0.1, 0.15) is 0 Å². The molecule has 0 heterocycles. The van der Waals surface area contributed by atoms with E-state index in [1.807, 2.05) is 0 Å². The Labute approximate surface area is 99.5 Å². The van der Waals surface area contributed by atoms with Gasteiger partial charge in [-0.25, -0.2) is 0 Å². The average Bonchev–Trinajstić information content (AvgIpc) is 0.811. The molecular weight excluding hydrogens is 403 g/mol. The van der Waals surface area contributed by atoms with Crippen LogP contribution in [0.25, 0.3) is 0 Å². The van der Waals surface area contributed by atoms with Gasteiger partial charge in [0.05, 0.1) is 0 Å². The van der Waals surface area contributed by atoms with Crippen molar-refractivity contribution >= 4 is 83.5 Å².